The molecule has 2 aliphatic heterocycles. The molecule has 3 atom stereocenters. The minimum atomic E-state index is -2.58. The van der Waals surface area contributed by atoms with Gasteiger partial charge in [0.1, 0.15) is 39.6 Å². The molecule has 0 aliphatic carbocycles. The first-order valence-corrected chi connectivity index (χ1v) is 16.9. The van der Waals surface area contributed by atoms with Crippen molar-refractivity contribution in [3.05, 3.63) is 41.5 Å². The van der Waals surface area contributed by atoms with Gasteiger partial charge in [-0.25, -0.2) is 22.5 Å². The Morgan fingerprint density at radius 2 is 1.86 bits per heavy atom. The summed E-state index contributed by atoms with van der Waals surface area (Å²) in [6, 6.07) is 4.88. The zero-order valence-corrected chi connectivity index (χ0v) is 29.0. The monoisotopic (exact) mass is 711 g/mol. The Bertz CT molecular complexity index is 1990. The van der Waals surface area contributed by atoms with Crippen LogP contribution in [0.15, 0.2) is 24.3 Å². The molecule has 0 radical (unpaired) electrons. The van der Waals surface area contributed by atoms with Crippen LogP contribution in [-0.2, 0) is 4.74 Å². The number of pyridine rings is 1. The van der Waals surface area contributed by atoms with E-state index < -0.39 is 35.0 Å². The predicted octanol–water partition coefficient (Wildman–Crippen LogP) is 5.79. The maximum Gasteiger partial charge on any atom is 0.319 e. The highest BCUT2D eigenvalue weighted by molar-refractivity contribution is 6.04. The van der Waals surface area contributed by atoms with Gasteiger partial charge in [-0.2, -0.15) is 9.97 Å². The van der Waals surface area contributed by atoms with E-state index in [0.717, 1.165) is 6.07 Å². The van der Waals surface area contributed by atoms with Crippen molar-refractivity contribution in [3.63, 3.8) is 0 Å². The number of hydrogen-bond acceptors (Lipinski definition) is 10. The highest BCUT2D eigenvalue weighted by Crippen LogP contribution is 2.43. The highest BCUT2D eigenvalue weighted by Gasteiger charge is 2.45. The number of phenols is 1. The Morgan fingerprint density at radius 3 is 2.57 bits per heavy atom. The molecule has 2 aliphatic rings. The lowest BCUT2D eigenvalue weighted by Crippen LogP contribution is -2.52. The van der Waals surface area contributed by atoms with Crippen molar-refractivity contribution in [2.45, 2.75) is 46.1 Å². The van der Waals surface area contributed by atoms with Crippen LogP contribution in [-0.4, -0.2) is 101 Å². The van der Waals surface area contributed by atoms with E-state index in [-0.39, 0.29) is 103 Å². The van der Waals surface area contributed by atoms with Gasteiger partial charge in [0.15, 0.2) is 5.82 Å². The first-order chi connectivity index (χ1) is 24.3. The number of nitrogens with zero attached hydrogens (tertiary/aromatic N) is 5. The van der Waals surface area contributed by atoms with E-state index in [1.165, 1.54) is 18.2 Å². The second kappa shape index (κ2) is 14.3. The smallest absolute Gasteiger partial charge is 0.319 e. The van der Waals surface area contributed by atoms with Gasteiger partial charge in [-0.1, -0.05) is 25.8 Å². The van der Waals surface area contributed by atoms with Crippen LogP contribution < -0.4 is 14.4 Å². The number of aromatic nitrogens is 3. The lowest BCUT2D eigenvalue weighted by atomic mass is 9.73. The van der Waals surface area contributed by atoms with Crippen molar-refractivity contribution in [2.24, 2.45) is 11.3 Å². The van der Waals surface area contributed by atoms with E-state index in [2.05, 4.69) is 25.8 Å². The van der Waals surface area contributed by atoms with Gasteiger partial charge in [0.25, 0.3) is 0 Å². The van der Waals surface area contributed by atoms with Crippen LogP contribution in [0, 0.1) is 35.3 Å². The summed E-state index contributed by atoms with van der Waals surface area (Å²) in [6.45, 7) is 8.95. The molecule has 0 amide bonds. The summed E-state index contributed by atoms with van der Waals surface area (Å²) in [6.07, 6.45) is 3.39. The van der Waals surface area contributed by atoms with Gasteiger partial charge in [-0.05, 0) is 56.9 Å². The summed E-state index contributed by atoms with van der Waals surface area (Å²) in [5.74, 6) is -0.550. The topological polar surface area (TPSA) is 113 Å². The van der Waals surface area contributed by atoms with Crippen molar-refractivity contribution >= 4 is 27.5 Å². The number of halogens is 4. The van der Waals surface area contributed by atoms with E-state index in [9.17, 15) is 19.0 Å². The fraction of sp³-hybridized carbons (Fsp3) is 0.486. The molecule has 0 unspecified atom stereocenters. The van der Waals surface area contributed by atoms with E-state index >= 15 is 8.78 Å². The van der Waals surface area contributed by atoms with E-state index in [4.69, 9.17) is 20.6 Å². The van der Waals surface area contributed by atoms with Crippen molar-refractivity contribution in [2.75, 3.05) is 64.1 Å². The molecule has 51 heavy (non-hydrogen) atoms. The number of alkyl halides is 2. The average molecular weight is 712 g/mol. The van der Waals surface area contributed by atoms with Crippen LogP contribution >= 0.6 is 0 Å². The standard InChI is InChI=1S/C37H41F4N5O5/c1-6-23-26(38)10-9-21-15-22(47)16-24(27(21)23)30-29(39)31-28(34(42-30)50-8-3)33(46-13-14-49-20-37(5,48)18-46)44-35(43-31)51-19-36(4)17-45(7-2)12-11-25(36)32(40)41/h1,9-10,15-16,25,32,47-48H,7-8,11-14,17-20H2,2-5H3/t25-,36+,37+/m1/s1. The van der Waals surface area contributed by atoms with E-state index in [1.54, 1.807) is 25.7 Å². The van der Waals surface area contributed by atoms with Crippen LogP contribution in [0.2, 0.25) is 0 Å². The molecule has 4 heterocycles. The van der Waals surface area contributed by atoms with Gasteiger partial charge in [0.05, 0.1) is 38.5 Å². The molecule has 4 aromatic rings. The number of rotatable bonds is 9. The van der Waals surface area contributed by atoms with Crippen molar-refractivity contribution in [1.82, 2.24) is 19.9 Å². The van der Waals surface area contributed by atoms with E-state index in [0.29, 0.717) is 25.0 Å². The van der Waals surface area contributed by atoms with Crippen LogP contribution in [0.1, 0.15) is 39.7 Å². The minimum absolute atomic E-state index is 0.0133. The molecule has 6 rings (SSSR count). The summed E-state index contributed by atoms with van der Waals surface area (Å²) in [4.78, 5) is 17.5. The first kappa shape index (κ1) is 36.3. The molecule has 2 N–H and O–H groups in total. The number of terminal acetylenes is 1. The van der Waals surface area contributed by atoms with Crippen LogP contribution in [0.4, 0.5) is 23.4 Å². The van der Waals surface area contributed by atoms with Gasteiger partial charge >= 0.3 is 6.01 Å². The Morgan fingerprint density at radius 1 is 1.08 bits per heavy atom. The third kappa shape index (κ3) is 7.07. The molecule has 10 nitrogen and oxygen atoms in total. The van der Waals surface area contributed by atoms with E-state index in [1.807, 2.05) is 6.92 Å². The van der Waals surface area contributed by atoms with Crippen molar-refractivity contribution in [3.8, 4) is 41.2 Å². The van der Waals surface area contributed by atoms with Gasteiger partial charge in [0.2, 0.25) is 12.3 Å². The number of β-amino-alcohol motifs (C(OH)–C–C–N with tert-alkyl or cyclic N) is 1. The molecular weight excluding hydrogens is 670 g/mol. The Balaban J connectivity index is 1.59. The summed E-state index contributed by atoms with van der Waals surface area (Å²) in [7, 11) is 0. The fourth-order valence-corrected chi connectivity index (χ4v) is 7.21. The number of phenolic OH excluding ortho intramolecular Hbond substituents is 1. The molecule has 2 aromatic heterocycles. The minimum Gasteiger partial charge on any atom is -0.508 e. The third-order valence-corrected chi connectivity index (χ3v) is 9.71. The normalized spacial score (nSPS) is 23.1. The number of ether oxygens (including phenoxy) is 3. The molecule has 272 valence electrons. The zero-order valence-electron chi connectivity index (χ0n) is 29.0. The highest BCUT2D eigenvalue weighted by atomic mass is 19.3. The van der Waals surface area contributed by atoms with Gasteiger partial charge in [-0.3, -0.25) is 0 Å². The second-order valence-corrected chi connectivity index (χ2v) is 13.7. The quantitative estimate of drug-likeness (QED) is 0.164. The SMILES string of the molecule is C#Cc1c(F)ccc2cc(O)cc(-c3nc(OCC)c4c(N5CCOC[C@@](C)(O)C5)nc(OC[C@]5(C)CN(CC)CC[C@@H]5C(F)F)nc4c3F)c12. The summed E-state index contributed by atoms with van der Waals surface area (Å²) >= 11 is 0. The molecule has 2 fully saturated rings. The van der Waals surface area contributed by atoms with Crippen molar-refractivity contribution in [1.29, 1.82) is 0 Å². The number of fused-ring (bicyclic) bond motifs is 2. The fourth-order valence-electron chi connectivity index (χ4n) is 7.21. The van der Waals surface area contributed by atoms with Crippen LogP contribution in [0.5, 0.6) is 17.6 Å². The molecule has 0 saturated carbocycles. The molecular formula is C37H41F4N5O5. The summed E-state index contributed by atoms with van der Waals surface area (Å²) in [5, 5.41) is 22.3. The Labute approximate surface area is 293 Å². The zero-order chi connectivity index (χ0) is 36.7. The largest absolute Gasteiger partial charge is 0.508 e. The third-order valence-electron chi connectivity index (χ3n) is 9.71. The maximum atomic E-state index is 17.2. The average Bonchev–Trinajstić information content (AvgIpc) is 3.27. The summed E-state index contributed by atoms with van der Waals surface area (Å²) in [5.41, 5.74) is -3.12. The number of benzene rings is 2. The molecule has 2 aromatic carbocycles. The molecule has 2 saturated heterocycles. The van der Waals surface area contributed by atoms with Gasteiger partial charge in [0, 0.05) is 35.4 Å². The Hall–Kier alpha value is -4.45. The number of piperidine rings is 1. The number of aromatic hydroxyl groups is 1. The number of hydrogen-bond donors (Lipinski definition) is 2. The molecule has 0 spiro atoms. The summed E-state index contributed by atoms with van der Waals surface area (Å²) < 4.78 is 78.6. The molecule has 0 bridgehead atoms. The van der Waals surface area contributed by atoms with Gasteiger partial charge < -0.3 is 34.2 Å². The van der Waals surface area contributed by atoms with Crippen molar-refractivity contribution < 1.29 is 42.0 Å². The lowest BCUT2D eigenvalue weighted by Gasteiger charge is -2.45. The maximum absolute atomic E-state index is 17.2. The second-order valence-electron chi connectivity index (χ2n) is 13.7. The Kier molecular flexibility index (Phi) is 10.2. The molecule has 14 heteroatoms. The van der Waals surface area contributed by atoms with Crippen LogP contribution in [0.3, 0.4) is 0 Å². The number of aliphatic hydroxyl groups is 1. The number of likely N-dealkylation sites (tertiary alicyclic amines) is 1. The van der Waals surface area contributed by atoms with Crippen LogP contribution in [0.25, 0.3) is 32.9 Å². The number of anilines is 1. The predicted molar refractivity (Wildman–Crippen MR) is 184 cm³/mol. The van der Waals surface area contributed by atoms with Gasteiger partial charge in [-0.15, -0.1) is 6.42 Å². The lowest BCUT2D eigenvalue weighted by molar-refractivity contribution is -0.0721. The first-order valence-electron chi connectivity index (χ1n) is 16.9.